The minimum Gasteiger partial charge on any atom is -0.474 e. The molecule has 4 aromatic rings. The van der Waals surface area contributed by atoms with Gasteiger partial charge in [0.1, 0.15) is 17.9 Å². The van der Waals surface area contributed by atoms with Crippen LogP contribution in [0.5, 0.6) is 5.88 Å². The zero-order valence-electron chi connectivity index (χ0n) is 18.2. The number of fused-ring (bicyclic) bond motifs is 2. The summed E-state index contributed by atoms with van der Waals surface area (Å²) in [7, 11) is 0. The van der Waals surface area contributed by atoms with E-state index in [4.69, 9.17) is 26.3 Å². The Morgan fingerprint density at radius 3 is 2.85 bits per heavy atom. The predicted molar refractivity (Wildman–Crippen MR) is 124 cm³/mol. The first-order valence-corrected chi connectivity index (χ1v) is 11.2. The summed E-state index contributed by atoms with van der Waals surface area (Å²) in [6.07, 6.45) is 4.45. The number of H-pyrrole nitrogens is 1. The second kappa shape index (κ2) is 8.78. The second-order valence-electron chi connectivity index (χ2n) is 8.03. The number of hydrogen-bond acceptors (Lipinski definition) is 8. The van der Waals surface area contributed by atoms with Crippen LogP contribution in [0.3, 0.4) is 0 Å². The van der Waals surface area contributed by atoms with E-state index in [1.54, 1.807) is 19.3 Å². The van der Waals surface area contributed by atoms with E-state index in [1.807, 2.05) is 24.0 Å². The molecule has 3 aromatic heterocycles. The van der Waals surface area contributed by atoms with Crippen molar-refractivity contribution in [3.8, 4) is 5.88 Å². The van der Waals surface area contributed by atoms with E-state index in [0.29, 0.717) is 57.7 Å². The number of benzene rings is 1. The molecule has 0 spiro atoms. The molecule has 0 radical (unpaired) electrons. The van der Waals surface area contributed by atoms with E-state index in [2.05, 4.69) is 25.3 Å². The monoisotopic (exact) mass is 466 g/mol. The van der Waals surface area contributed by atoms with Crippen LogP contribution in [0.2, 0.25) is 5.02 Å². The van der Waals surface area contributed by atoms with Gasteiger partial charge in [-0.15, -0.1) is 0 Å². The number of aromatic nitrogens is 6. The fraction of sp³-hybridized carbons (Fsp3) is 0.364. The molecular weight excluding hydrogens is 444 g/mol. The number of amides is 1. The molecule has 1 aliphatic rings. The summed E-state index contributed by atoms with van der Waals surface area (Å²) < 4.78 is 6.33. The molecule has 5 rings (SSSR count). The number of likely N-dealkylation sites (tertiary alicyclic amines) is 1. The molecule has 1 unspecified atom stereocenters. The molecule has 1 aliphatic heterocycles. The van der Waals surface area contributed by atoms with Crippen molar-refractivity contribution in [1.82, 2.24) is 34.8 Å². The molecule has 0 aliphatic carbocycles. The Balaban J connectivity index is 1.45. The SMILES string of the molecule is CC(=O)N1CCC(Oc2nc(C(C)Nc3ncnc4[nH]cnc34)nc3cccc(Cl)c23)CC1. The lowest BCUT2D eigenvalue weighted by Gasteiger charge is -2.31. The third-order valence-electron chi connectivity index (χ3n) is 5.78. The van der Waals surface area contributed by atoms with Crippen molar-refractivity contribution in [2.75, 3.05) is 18.4 Å². The number of nitrogens with one attached hydrogen (secondary N) is 2. The van der Waals surface area contributed by atoms with Crippen molar-refractivity contribution in [2.24, 2.45) is 0 Å². The smallest absolute Gasteiger partial charge is 0.226 e. The van der Waals surface area contributed by atoms with Crippen LogP contribution in [-0.2, 0) is 4.79 Å². The number of imidazole rings is 1. The maximum Gasteiger partial charge on any atom is 0.226 e. The number of carbonyl (C=O) groups excluding carboxylic acids is 1. The number of piperidine rings is 1. The van der Waals surface area contributed by atoms with Crippen LogP contribution < -0.4 is 10.1 Å². The number of anilines is 1. The van der Waals surface area contributed by atoms with Gasteiger partial charge in [0, 0.05) is 32.9 Å². The van der Waals surface area contributed by atoms with E-state index in [0.717, 1.165) is 12.8 Å². The highest BCUT2D eigenvalue weighted by atomic mass is 35.5. The van der Waals surface area contributed by atoms with Gasteiger partial charge in [0.15, 0.2) is 17.3 Å². The molecule has 1 fully saturated rings. The first kappa shape index (κ1) is 21.3. The van der Waals surface area contributed by atoms with Crippen LogP contribution >= 0.6 is 11.6 Å². The van der Waals surface area contributed by atoms with Crippen LogP contribution in [0.1, 0.15) is 38.6 Å². The largest absolute Gasteiger partial charge is 0.474 e. The minimum atomic E-state index is -0.287. The molecule has 1 aromatic carbocycles. The maximum atomic E-state index is 11.6. The predicted octanol–water partition coefficient (Wildman–Crippen LogP) is 3.51. The zero-order valence-corrected chi connectivity index (χ0v) is 19.0. The lowest BCUT2D eigenvalue weighted by atomic mass is 10.1. The molecule has 0 bridgehead atoms. The van der Waals surface area contributed by atoms with Crippen LogP contribution in [0, 0.1) is 0 Å². The third kappa shape index (κ3) is 4.25. The standard InChI is InChI=1S/C22H23ClN8O2/c1-12(28-21-18-20(25-10-24-18)26-11-27-21)19-29-16-5-3-4-15(23)17(16)22(30-19)33-14-6-8-31(9-7-14)13(2)32/h3-5,10-12,14H,6-9H2,1-2H3,(H2,24,25,26,27,28). The van der Waals surface area contributed by atoms with Crippen LogP contribution in [0.25, 0.3) is 22.1 Å². The molecule has 170 valence electrons. The molecule has 0 saturated carbocycles. The van der Waals surface area contributed by atoms with Gasteiger partial charge in [0.05, 0.1) is 28.3 Å². The van der Waals surface area contributed by atoms with Gasteiger partial charge in [-0.3, -0.25) is 4.79 Å². The van der Waals surface area contributed by atoms with Crippen LogP contribution in [-0.4, -0.2) is 59.9 Å². The highest BCUT2D eigenvalue weighted by Crippen LogP contribution is 2.33. The van der Waals surface area contributed by atoms with Gasteiger partial charge in [-0.2, -0.15) is 4.98 Å². The second-order valence-corrected chi connectivity index (χ2v) is 8.44. The summed E-state index contributed by atoms with van der Waals surface area (Å²) >= 11 is 6.50. The molecule has 2 N–H and O–H groups in total. The van der Waals surface area contributed by atoms with Crippen molar-refractivity contribution in [3.63, 3.8) is 0 Å². The zero-order chi connectivity index (χ0) is 22.9. The van der Waals surface area contributed by atoms with Gasteiger partial charge >= 0.3 is 0 Å². The van der Waals surface area contributed by atoms with E-state index in [-0.39, 0.29) is 18.1 Å². The number of hydrogen-bond donors (Lipinski definition) is 2. The van der Waals surface area contributed by atoms with E-state index in [1.165, 1.54) is 6.33 Å². The summed E-state index contributed by atoms with van der Waals surface area (Å²) in [5.41, 5.74) is 1.98. The van der Waals surface area contributed by atoms with Crippen LogP contribution in [0.4, 0.5) is 5.82 Å². The average Bonchev–Trinajstić information content (AvgIpc) is 3.29. The first-order chi connectivity index (χ1) is 16.0. The van der Waals surface area contributed by atoms with E-state index >= 15 is 0 Å². The van der Waals surface area contributed by atoms with Crippen molar-refractivity contribution in [1.29, 1.82) is 0 Å². The lowest BCUT2D eigenvalue weighted by molar-refractivity contribution is -0.130. The Labute approximate surface area is 194 Å². The van der Waals surface area contributed by atoms with E-state index < -0.39 is 0 Å². The summed E-state index contributed by atoms with van der Waals surface area (Å²) in [5, 5.41) is 4.54. The number of carbonyl (C=O) groups is 1. The average molecular weight is 467 g/mol. The Morgan fingerprint density at radius 1 is 1.24 bits per heavy atom. The molecular formula is C22H23ClN8O2. The van der Waals surface area contributed by atoms with Gasteiger partial charge in [0.2, 0.25) is 11.8 Å². The van der Waals surface area contributed by atoms with Gasteiger partial charge in [0.25, 0.3) is 0 Å². The topological polar surface area (TPSA) is 122 Å². The molecule has 1 amide bonds. The number of ether oxygens (including phenoxy) is 1. The van der Waals surface area contributed by atoms with Crippen molar-refractivity contribution < 1.29 is 9.53 Å². The Bertz CT molecular complexity index is 1320. The van der Waals surface area contributed by atoms with Crippen molar-refractivity contribution >= 4 is 45.4 Å². The third-order valence-corrected chi connectivity index (χ3v) is 6.09. The van der Waals surface area contributed by atoms with Gasteiger partial charge < -0.3 is 19.9 Å². The van der Waals surface area contributed by atoms with Crippen molar-refractivity contribution in [2.45, 2.75) is 38.8 Å². The minimum absolute atomic E-state index is 0.0587. The lowest BCUT2D eigenvalue weighted by Crippen LogP contribution is -2.40. The normalized spacial score (nSPS) is 15.7. The van der Waals surface area contributed by atoms with Gasteiger partial charge in [-0.1, -0.05) is 17.7 Å². The fourth-order valence-corrected chi connectivity index (χ4v) is 4.24. The quantitative estimate of drug-likeness (QED) is 0.458. The highest BCUT2D eigenvalue weighted by molar-refractivity contribution is 6.35. The Kier molecular flexibility index (Phi) is 5.67. The Morgan fingerprint density at radius 2 is 2.06 bits per heavy atom. The maximum absolute atomic E-state index is 11.6. The Hall–Kier alpha value is -3.53. The summed E-state index contributed by atoms with van der Waals surface area (Å²) in [6, 6.07) is 5.26. The highest BCUT2D eigenvalue weighted by Gasteiger charge is 2.25. The number of aromatic amines is 1. The molecule has 4 heterocycles. The van der Waals surface area contributed by atoms with Gasteiger partial charge in [-0.25, -0.2) is 19.9 Å². The molecule has 1 saturated heterocycles. The first-order valence-electron chi connectivity index (χ1n) is 10.8. The van der Waals surface area contributed by atoms with E-state index in [9.17, 15) is 4.79 Å². The molecule has 10 nitrogen and oxygen atoms in total. The molecule has 11 heteroatoms. The number of halogens is 1. The summed E-state index contributed by atoms with van der Waals surface area (Å²) in [4.78, 5) is 38.7. The fourth-order valence-electron chi connectivity index (χ4n) is 3.99. The summed E-state index contributed by atoms with van der Waals surface area (Å²) in [5.74, 6) is 1.66. The van der Waals surface area contributed by atoms with Crippen LogP contribution in [0.15, 0.2) is 30.9 Å². The number of nitrogens with zero attached hydrogens (tertiary/aromatic N) is 6. The number of rotatable bonds is 5. The molecule has 33 heavy (non-hydrogen) atoms. The van der Waals surface area contributed by atoms with Gasteiger partial charge in [-0.05, 0) is 19.1 Å². The summed E-state index contributed by atoms with van der Waals surface area (Å²) in [6.45, 7) is 4.86. The van der Waals surface area contributed by atoms with Crippen molar-refractivity contribution in [3.05, 3.63) is 41.7 Å². The molecule has 1 atom stereocenters.